The molecule has 0 spiro atoms. The van der Waals surface area contributed by atoms with E-state index in [1.54, 1.807) is 12.1 Å². The lowest BCUT2D eigenvalue weighted by Gasteiger charge is -2.19. The van der Waals surface area contributed by atoms with Gasteiger partial charge in [0, 0.05) is 17.4 Å². The van der Waals surface area contributed by atoms with Gasteiger partial charge in [0.25, 0.3) is 0 Å². The monoisotopic (exact) mass is 339 g/mol. The number of fused-ring (bicyclic) bond motifs is 1. The summed E-state index contributed by atoms with van der Waals surface area (Å²) in [6.45, 7) is 1.07. The van der Waals surface area contributed by atoms with Crippen LogP contribution >= 0.6 is 0 Å². The highest BCUT2D eigenvalue weighted by atomic mass is 19.1. The SMILES string of the molecule is Fc1ccc(Nc2nncc(Nc3ccc4c(c3)OCCO4)n2)cc1. The van der Waals surface area contributed by atoms with E-state index in [4.69, 9.17) is 9.47 Å². The van der Waals surface area contributed by atoms with Crippen molar-refractivity contribution in [3.63, 3.8) is 0 Å². The zero-order valence-electron chi connectivity index (χ0n) is 13.1. The molecule has 2 N–H and O–H groups in total. The van der Waals surface area contributed by atoms with Crippen LogP contribution in [-0.2, 0) is 0 Å². The van der Waals surface area contributed by atoms with Gasteiger partial charge in [0.2, 0.25) is 5.95 Å². The molecule has 25 heavy (non-hydrogen) atoms. The number of ether oxygens (including phenoxy) is 2. The number of nitrogens with one attached hydrogen (secondary N) is 2. The van der Waals surface area contributed by atoms with Crippen LogP contribution in [0.15, 0.2) is 48.7 Å². The van der Waals surface area contributed by atoms with Crippen LogP contribution in [-0.4, -0.2) is 28.4 Å². The maximum absolute atomic E-state index is 13.0. The maximum atomic E-state index is 13.0. The fourth-order valence-corrected chi connectivity index (χ4v) is 2.35. The van der Waals surface area contributed by atoms with E-state index in [-0.39, 0.29) is 5.82 Å². The summed E-state index contributed by atoms with van der Waals surface area (Å²) < 4.78 is 24.0. The van der Waals surface area contributed by atoms with Gasteiger partial charge in [-0.15, -0.1) is 5.10 Å². The molecule has 0 atom stereocenters. The molecule has 1 aromatic heterocycles. The number of benzene rings is 2. The van der Waals surface area contributed by atoms with Crippen molar-refractivity contribution in [1.82, 2.24) is 15.2 Å². The molecular weight excluding hydrogens is 325 g/mol. The van der Waals surface area contributed by atoms with Gasteiger partial charge in [0.05, 0.1) is 6.20 Å². The summed E-state index contributed by atoms with van der Waals surface area (Å²) in [6.07, 6.45) is 1.51. The zero-order valence-corrected chi connectivity index (χ0v) is 13.1. The Morgan fingerprint density at radius 3 is 2.48 bits per heavy atom. The lowest BCUT2D eigenvalue weighted by atomic mass is 10.2. The normalized spacial score (nSPS) is 12.5. The second-order valence-electron chi connectivity index (χ2n) is 5.28. The number of rotatable bonds is 4. The molecule has 2 aromatic carbocycles. The van der Waals surface area contributed by atoms with Gasteiger partial charge >= 0.3 is 0 Å². The highest BCUT2D eigenvalue weighted by Gasteiger charge is 2.12. The summed E-state index contributed by atoms with van der Waals surface area (Å²) in [4.78, 5) is 4.34. The van der Waals surface area contributed by atoms with Crippen LogP contribution in [0, 0.1) is 5.82 Å². The summed E-state index contributed by atoms with van der Waals surface area (Å²) in [7, 11) is 0. The molecule has 7 nitrogen and oxygen atoms in total. The highest BCUT2D eigenvalue weighted by Crippen LogP contribution is 2.33. The Morgan fingerprint density at radius 1 is 0.880 bits per heavy atom. The van der Waals surface area contributed by atoms with Crippen molar-refractivity contribution in [2.75, 3.05) is 23.8 Å². The van der Waals surface area contributed by atoms with Crippen LogP contribution in [0.2, 0.25) is 0 Å². The molecule has 0 saturated carbocycles. The van der Waals surface area contributed by atoms with Gasteiger partial charge in [-0.2, -0.15) is 10.1 Å². The topological polar surface area (TPSA) is 81.2 Å². The van der Waals surface area contributed by atoms with E-state index in [2.05, 4.69) is 25.8 Å². The fraction of sp³-hybridized carbons (Fsp3) is 0.118. The van der Waals surface area contributed by atoms with Crippen LogP contribution in [0.4, 0.5) is 27.5 Å². The molecule has 4 rings (SSSR count). The molecule has 1 aliphatic heterocycles. The third kappa shape index (κ3) is 3.57. The van der Waals surface area contributed by atoms with Crippen LogP contribution in [0.25, 0.3) is 0 Å². The lowest BCUT2D eigenvalue weighted by molar-refractivity contribution is 0.171. The van der Waals surface area contributed by atoms with E-state index < -0.39 is 0 Å². The van der Waals surface area contributed by atoms with Gasteiger partial charge in [-0.25, -0.2) is 4.39 Å². The molecular formula is C17H14FN5O2. The minimum Gasteiger partial charge on any atom is -0.486 e. The number of aromatic nitrogens is 3. The van der Waals surface area contributed by atoms with Crippen LogP contribution in [0.1, 0.15) is 0 Å². The van der Waals surface area contributed by atoms with Gasteiger partial charge < -0.3 is 20.1 Å². The second kappa shape index (κ2) is 6.60. The molecule has 0 aliphatic carbocycles. The van der Waals surface area contributed by atoms with Crippen molar-refractivity contribution in [1.29, 1.82) is 0 Å². The number of halogens is 1. The van der Waals surface area contributed by atoms with Gasteiger partial charge in [-0.05, 0) is 36.4 Å². The Kier molecular flexibility index (Phi) is 3.99. The Morgan fingerprint density at radius 2 is 1.64 bits per heavy atom. The molecule has 2 heterocycles. The summed E-state index contributed by atoms with van der Waals surface area (Å²) in [5.41, 5.74) is 1.46. The molecule has 0 amide bonds. The third-order valence-corrected chi connectivity index (χ3v) is 3.47. The fourth-order valence-electron chi connectivity index (χ4n) is 2.35. The first-order valence-corrected chi connectivity index (χ1v) is 7.65. The average molecular weight is 339 g/mol. The first kappa shape index (κ1) is 15.1. The van der Waals surface area contributed by atoms with Gasteiger partial charge in [-0.1, -0.05) is 0 Å². The first-order chi connectivity index (χ1) is 12.3. The maximum Gasteiger partial charge on any atom is 0.249 e. The molecule has 3 aromatic rings. The summed E-state index contributed by atoms with van der Waals surface area (Å²) in [5.74, 6) is 1.91. The number of hydrogen-bond acceptors (Lipinski definition) is 7. The van der Waals surface area contributed by atoms with E-state index >= 15 is 0 Å². The largest absolute Gasteiger partial charge is 0.486 e. The number of anilines is 4. The Hall–Kier alpha value is -3.42. The summed E-state index contributed by atoms with van der Waals surface area (Å²) >= 11 is 0. The Labute approximate surface area is 142 Å². The zero-order chi connectivity index (χ0) is 17.1. The van der Waals surface area contributed by atoms with Crippen molar-refractivity contribution in [3.8, 4) is 11.5 Å². The van der Waals surface area contributed by atoms with Crippen molar-refractivity contribution in [2.45, 2.75) is 0 Å². The van der Waals surface area contributed by atoms with E-state index in [9.17, 15) is 4.39 Å². The smallest absolute Gasteiger partial charge is 0.249 e. The van der Waals surface area contributed by atoms with Crippen LogP contribution in [0.5, 0.6) is 11.5 Å². The van der Waals surface area contributed by atoms with E-state index in [0.29, 0.717) is 36.4 Å². The number of nitrogens with zero attached hydrogens (tertiary/aromatic N) is 3. The van der Waals surface area contributed by atoms with Gasteiger partial charge in [0.1, 0.15) is 19.0 Å². The van der Waals surface area contributed by atoms with Gasteiger partial charge in [0.15, 0.2) is 17.3 Å². The molecule has 0 fully saturated rings. The van der Waals surface area contributed by atoms with E-state index in [0.717, 1.165) is 11.4 Å². The average Bonchev–Trinajstić information content (AvgIpc) is 2.64. The lowest BCUT2D eigenvalue weighted by Crippen LogP contribution is -2.15. The van der Waals surface area contributed by atoms with E-state index in [1.165, 1.54) is 18.3 Å². The van der Waals surface area contributed by atoms with Crippen molar-refractivity contribution < 1.29 is 13.9 Å². The molecule has 1 aliphatic rings. The van der Waals surface area contributed by atoms with Crippen LogP contribution < -0.4 is 20.1 Å². The molecule has 0 unspecified atom stereocenters. The quantitative estimate of drug-likeness (QED) is 0.755. The summed E-state index contributed by atoms with van der Waals surface area (Å²) in [6, 6.07) is 11.4. The molecule has 0 radical (unpaired) electrons. The molecule has 126 valence electrons. The second-order valence-corrected chi connectivity index (χ2v) is 5.28. The highest BCUT2D eigenvalue weighted by molar-refractivity contribution is 5.62. The van der Waals surface area contributed by atoms with Crippen molar-refractivity contribution in [3.05, 3.63) is 54.5 Å². The predicted octanol–water partition coefficient (Wildman–Crippen LogP) is 3.27. The summed E-state index contributed by atoms with van der Waals surface area (Å²) in [5, 5.41) is 13.9. The minimum absolute atomic E-state index is 0.300. The molecule has 8 heteroatoms. The van der Waals surface area contributed by atoms with Crippen molar-refractivity contribution in [2.24, 2.45) is 0 Å². The third-order valence-electron chi connectivity index (χ3n) is 3.47. The predicted molar refractivity (Wildman–Crippen MR) is 90.2 cm³/mol. The standard InChI is InChI=1S/C17H14FN5O2/c18-11-1-3-12(4-2-11)21-17-22-16(10-19-23-17)20-13-5-6-14-15(9-13)25-8-7-24-14/h1-6,9-10H,7-8H2,(H2,20,21,22,23). The molecule has 0 bridgehead atoms. The van der Waals surface area contributed by atoms with Gasteiger partial charge in [-0.3, -0.25) is 0 Å². The Bertz CT molecular complexity index is 888. The molecule has 0 saturated heterocycles. The minimum atomic E-state index is -0.307. The number of hydrogen-bond donors (Lipinski definition) is 2. The Balaban J connectivity index is 1.50. The van der Waals surface area contributed by atoms with Crippen molar-refractivity contribution >= 4 is 23.1 Å². The van der Waals surface area contributed by atoms with E-state index in [1.807, 2.05) is 18.2 Å². The van der Waals surface area contributed by atoms with Crippen LogP contribution in [0.3, 0.4) is 0 Å². The first-order valence-electron chi connectivity index (χ1n) is 7.65.